The van der Waals surface area contributed by atoms with Crippen LogP contribution in [0.5, 0.6) is 0 Å². The average Bonchev–Trinajstić information content (AvgIpc) is 3.29. The van der Waals surface area contributed by atoms with Crippen molar-refractivity contribution >= 4 is 33.2 Å². The van der Waals surface area contributed by atoms with Crippen molar-refractivity contribution in [3.63, 3.8) is 0 Å². The number of unbranched alkanes of at least 4 members (excludes halogenated alkanes) is 1. The van der Waals surface area contributed by atoms with Crippen molar-refractivity contribution in [1.82, 2.24) is 9.73 Å². The average molecular weight is 457 g/mol. The highest BCUT2D eigenvalue weighted by atomic mass is 32.2. The predicted molar refractivity (Wildman–Crippen MR) is 124 cm³/mol. The van der Waals surface area contributed by atoms with Crippen molar-refractivity contribution in [2.24, 2.45) is 5.10 Å². The molecule has 32 heavy (non-hydrogen) atoms. The fourth-order valence-corrected chi connectivity index (χ4v) is 4.37. The fourth-order valence-electron chi connectivity index (χ4n) is 3.25. The SMILES string of the molecule is CCCCNS(=O)(=O)c1cccc(NC(=O)CCC(=O)N2CCC(c3ccccc3)=N2)c1. The Morgan fingerprint density at radius 3 is 2.59 bits per heavy atom. The van der Waals surface area contributed by atoms with Gasteiger partial charge in [0.1, 0.15) is 0 Å². The largest absolute Gasteiger partial charge is 0.326 e. The number of hydrogen-bond donors (Lipinski definition) is 2. The number of hydrazone groups is 1. The lowest BCUT2D eigenvalue weighted by Gasteiger charge is -2.12. The van der Waals surface area contributed by atoms with E-state index in [2.05, 4.69) is 15.1 Å². The summed E-state index contributed by atoms with van der Waals surface area (Å²) in [7, 11) is -3.63. The summed E-state index contributed by atoms with van der Waals surface area (Å²) in [5.74, 6) is -0.583. The Morgan fingerprint density at radius 2 is 1.84 bits per heavy atom. The van der Waals surface area contributed by atoms with Gasteiger partial charge in [0, 0.05) is 31.5 Å². The third-order valence-corrected chi connectivity index (χ3v) is 6.47. The zero-order valence-corrected chi connectivity index (χ0v) is 18.9. The first-order chi connectivity index (χ1) is 15.4. The summed E-state index contributed by atoms with van der Waals surface area (Å²) in [4.78, 5) is 24.8. The van der Waals surface area contributed by atoms with Gasteiger partial charge in [-0.25, -0.2) is 18.1 Å². The first kappa shape index (κ1) is 23.6. The number of benzene rings is 2. The van der Waals surface area contributed by atoms with Crippen molar-refractivity contribution in [1.29, 1.82) is 0 Å². The first-order valence-electron chi connectivity index (χ1n) is 10.7. The zero-order valence-electron chi connectivity index (χ0n) is 18.1. The Bertz CT molecular complexity index is 1080. The molecule has 1 aliphatic rings. The number of hydrogen-bond acceptors (Lipinski definition) is 5. The van der Waals surface area contributed by atoms with Gasteiger partial charge < -0.3 is 5.32 Å². The van der Waals surface area contributed by atoms with Crippen molar-refractivity contribution in [2.75, 3.05) is 18.4 Å². The van der Waals surface area contributed by atoms with E-state index < -0.39 is 10.0 Å². The number of rotatable bonds is 10. The summed E-state index contributed by atoms with van der Waals surface area (Å²) in [6.45, 7) is 2.84. The van der Waals surface area contributed by atoms with Crippen molar-refractivity contribution in [3.8, 4) is 0 Å². The fraction of sp³-hybridized carbons (Fsp3) is 0.348. The molecule has 0 bridgehead atoms. The molecule has 9 heteroatoms. The first-order valence-corrected chi connectivity index (χ1v) is 12.2. The van der Waals surface area contributed by atoms with Crippen LogP contribution in [0, 0.1) is 0 Å². The maximum absolute atomic E-state index is 12.4. The molecular formula is C23H28N4O4S. The van der Waals surface area contributed by atoms with Crippen LogP contribution in [0.25, 0.3) is 0 Å². The molecule has 3 rings (SSSR count). The summed E-state index contributed by atoms with van der Waals surface area (Å²) < 4.78 is 27.2. The van der Waals surface area contributed by atoms with E-state index >= 15 is 0 Å². The van der Waals surface area contributed by atoms with Gasteiger partial charge in [-0.3, -0.25) is 9.59 Å². The zero-order chi connectivity index (χ0) is 23.0. The van der Waals surface area contributed by atoms with E-state index in [0.717, 1.165) is 24.1 Å². The summed E-state index contributed by atoms with van der Waals surface area (Å²) >= 11 is 0. The van der Waals surface area contributed by atoms with Crippen molar-refractivity contribution in [2.45, 2.75) is 43.9 Å². The summed E-state index contributed by atoms with van der Waals surface area (Å²) in [5.41, 5.74) is 2.21. The van der Waals surface area contributed by atoms with Crippen LogP contribution in [0.4, 0.5) is 5.69 Å². The van der Waals surface area contributed by atoms with E-state index in [4.69, 9.17) is 0 Å². The van der Waals surface area contributed by atoms with Crippen LogP contribution < -0.4 is 10.0 Å². The molecule has 0 aromatic heterocycles. The molecule has 8 nitrogen and oxygen atoms in total. The molecule has 1 aliphatic heterocycles. The van der Waals surface area contributed by atoms with Gasteiger partial charge in [0.15, 0.2) is 0 Å². The molecular weight excluding hydrogens is 428 g/mol. The number of sulfonamides is 1. The predicted octanol–water partition coefficient (Wildman–Crippen LogP) is 3.12. The smallest absolute Gasteiger partial charge is 0.243 e. The summed E-state index contributed by atoms with van der Waals surface area (Å²) in [6, 6.07) is 15.7. The van der Waals surface area contributed by atoms with Gasteiger partial charge in [-0.1, -0.05) is 49.7 Å². The van der Waals surface area contributed by atoms with Gasteiger partial charge in [-0.05, 0) is 30.2 Å². The second kappa shape index (κ2) is 11.0. The molecule has 0 saturated carbocycles. The minimum atomic E-state index is -3.63. The molecule has 2 aromatic carbocycles. The number of carbonyl (C=O) groups is 2. The molecule has 0 spiro atoms. The van der Waals surface area contributed by atoms with Gasteiger partial charge in [-0.15, -0.1) is 0 Å². The summed E-state index contributed by atoms with van der Waals surface area (Å²) in [5, 5.41) is 8.46. The Morgan fingerprint density at radius 1 is 1.06 bits per heavy atom. The van der Waals surface area contributed by atoms with E-state index in [1.807, 2.05) is 37.3 Å². The molecule has 0 radical (unpaired) electrons. The third kappa shape index (κ3) is 6.48. The monoisotopic (exact) mass is 456 g/mol. The quantitative estimate of drug-likeness (QED) is 0.536. The number of carbonyl (C=O) groups excluding carboxylic acids is 2. The summed E-state index contributed by atoms with van der Waals surface area (Å²) in [6.07, 6.45) is 2.31. The van der Waals surface area contributed by atoms with Crippen LogP contribution >= 0.6 is 0 Å². The highest BCUT2D eigenvalue weighted by molar-refractivity contribution is 7.89. The Labute approximate surface area is 188 Å². The molecule has 0 saturated heterocycles. The number of nitrogens with one attached hydrogen (secondary N) is 2. The minimum Gasteiger partial charge on any atom is -0.326 e. The lowest BCUT2D eigenvalue weighted by atomic mass is 10.1. The van der Waals surface area contributed by atoms with Crippen molar-refractivity contribution < 1.29 is 18.0 Å². The maximum atomic E-state index is 12.4. The van der Waals surface area contributed by atoms with Crippen LogP contribution in [0.2, 0.25) is 0 Å². The lowest BCUT2D eigenvalue weighted by Crippen LogP contribution is -2.25. The number of anilines is 1. The topological polar surface area (TPSA) is 108 Å². The molecule has 0 aliphatic carbocycles. The van der Waals surface area contributed by atoms with E-state index in [9.17, 15) is 18.0 Å². The Balaban J connectivity index is 1.52. The lowest BCUT2D eigenvalue weighted by molar-refractivity contribution is -0.132. The molecule has 2 amide bonds. The van der Waals surface area contributed by atoms with Crippen LogP contribution in [-0.2, 0) is 19.6 Å². The number of nitrogens with zero attached hydrogens (tertiary/aromatic N) is 2. The Kier molecular flexibility index (Phi) is 8.13. The van der Waals surface area contributed by atoms with E-state index in [1.165, 1.54) is 17.1 Å². The van der Waals surface area contributed by atoms with Crippen LogP contribution in [-0.4, -0.2) is 44.0 Å². The number of amides is 2. The van der Waals surface area contributed by atoms with Gasteiger partial charge in [0.05, 0.1) is 17.2 Å². The maximum Gasteiger partial charge on any atom is 0.243 e. The van der Waals surface area contributed by atoms with E-state index in [-0.39, 0.29) is 29.6 Å². The second-order valence-corrected chi connectivity index (χ2v) is 9.27. The normalized spacial score (nSPS) is 13.7. The molecule has 0 atom stereocenters. The Hall–Kier alpha value is -3.04. The van der Waals surface area contributed by atoms with Gasteiger partial charge in [-0.2, -0.15) is 5.10 Å². The molecule has 170 valence electrons. The molecule has 2 N–H and O–H groups in total. The van der Waals surface area contributed by atoms with Gasteiger partial charge in [0.2, 0.25) is 21.8 Å². The molecule has 1 heterocycles. The second-order valence-electron chi connectivity index (χ2n) is 7.51. The standard InChI is InChI=1S/C23H28N4O4S/c1-2-3-15-24-32(30,31)20-11-7-10-19(17-20)25-22(28)12-13-23(29)27-16-14-21(26-27)18-8-5-4-6-9-18/h4-11,17,24H,2-3,12-16H2,1H3,(H,25,28). The molecule has 0 fully saturated rings. The third-order valence-electron chi connectivity index (χ3n) is 5.01. The minimum absolute atomic E-state index is 0.0166. The molecule has 2 aromatic rings. The van der Waals surface area contributed by atoms with Gasteiger partial charge in [0.25, 0.3) is 0 Å². The van der Waals surface area contributed by atoms with Crippen LogP contribution in [0.15, 0.2) is 64.6 Å². The van der Waals surface area contributed by atoms with E-state index in [1.54, 1.807) is 12.1 Å². The van der Waals surface area contributed by atoms with Gasteiger partial charge >= 0.3 is 0 Å². The molecule has 0 unspecified atom stereocenters. The highest BCUT2D eigenvalue weighted by Crippen LogP contribution is 2.17. The van der Waals surface area contributed by atoms with Crippen LogP contribution in [0.1, 0.15) is 44.6 Å². The van der Waals surface area contributed by atoms with Crippen LogP contribution in [0.3, 0.4) is 0 Å². The highest BCUT2D eigenvalue weighted by Gasteiger charge is 2.22. The van der Waals surface area contributed by atoms with Crippen molar-refractivity contribution in [3.05, 3.63) is 60.2 Å². The van der Waals surface area contributed by atoms with E-state index in [0.29, 0.717) is 25.2 Å².